The Morgan fingerprint density at radius 1 is 0.339 bits per heavy atom. The van der Waals surface area contributed by atoms with Crippen LogP contribution in [0.1, 0.15) is 51.4 Å². The molecule has 56 heavy (non-hydrogen) atoms. The van der Waals surface area contributed by atoms with E-state index in [-0.39, 0.29) is 0 Å². The highest BCUT2D eigenvalue weighted by atomic mass is 15.1. The molecule has 8 heteroatoms. The Balaban J connectivity index is 0.884. The van der Waals surface area contributed by atoms with Crippen molar-refractivity contribution in [3.8, 4) is 0 Å². The Morgan fingerprint density at radius 2 is 0.625 bits per heavy atom. The lowest BCUT2D eigenvalue weighted by Crippen LogP contribution is -2.36. The van der Waals surface area contributed by atoms with Crippen LogP contribution in [0.5, 0.6) is 0 Å². The van der Waals surface area contributed by atoms with E-state index in [2.05, 4.69) is 181 Å². The van der Waals surface area contributed by atoms with Gasteiger partial charge in [0, 0.05) is 151 Å². The second-order valence-corrected chi connectivity index (χ2v) is 16.5. The number of hydrogen-bond acceptors (Lipinski definition) is 6. The van der Waals surface area contributed by atoms with E-state index in [9.17, 15) is 0 Å². The summed E-state index contributed by atoms with van der Waals surface area (Å²) in [5.41, 5.74) is 10.3. The van der Waals surface area contributed by atoms with Crippen LogP contribution in [-0.4, -0.2) is 82.6 Å². The third kappa shape index (κ3) is 10.2. The van der Waals surface area contributed by atoms with Crippen molar-refractivity contribution in [1.82, 2.24) is 10.6 Å². The van der Waals surface area contributed by atoms with Crippen molar-refractivity contribution in [3.05, 3.63) is 84.9 Å². The first-order valence-electron chi connectivity index (χ1n) is 21.0. The molecule has 2 heterocycles. The van der Waals surface area contributed by atoms with Gasteiger partial charge in [0.15, 0.2) is 0 Å². The molecule has 0 unspecified atom stereocenters. The van der Waals surface area contributed by atoms with E-state index >= 15 is 0 Å². The highest BCUT2D eigenvalue weighted by Crippen LogP contribution is 2.27. The maximum Gasteiger partial charge on any atom is 0.215 e. The number of pyridine rings is 2. The minimum atomic E-state index is 1.03. The summed E-state index contributed by atoms with van der Waals surface area (Å²) in [4.78, 5) is 8.79. The van der Waals surface area contributed by atoms with Crippen LogP contribution < -0.4 is 39.4 Å². The highest BCUT2D eigenvalue weighted by molar-refractivity contribution is 5.92. The molecule has 0 saturated heterocycles. The molecule has 2 N–H and O–H groups in total. The summed E-state index contributed by atoms with van der Waals surface area (Å²) in [5, 5.41) is 12.6. The van der Waals surface area contributed by atoms with Gasteiger partial charge in [0.25, 0.3) is 0 Å². The molecule has 0 aliphatic heterocycles. The van der Waals surface area contributed by atoms with Crippen molar-refractivity contribution >= 4 is 66.4 Å². The molecular weight excluding hydrogens is 689 g/mol. The zero-order chi connectivity index (χ0) is 39.6. The van der Waals surface area contributed by atoms with Crippen molar-refractivity contribution < 1.29 is 9.13 Å². The molecule has 6 aromatic rings. The maximum absolute atomic E-state index is 3.67. The van der Waals surface area contributed by atoms with Gasteiger partial charge in [-0.3, -0.25) is 0 Å². The van der Waals surface area contributed by atoms with E-state index in [0.29, 0.717) is 0 Å². The second-order valence-electron chi connectivity index (χ2n) is 16.5. The Bertz CT molecular complexity index is 1920. The van der Waals surface area contributed by atoms with Crippen LogP contribution in [0, 0.1) is 0 Å². The number of fused-ring (bicyclic) bond motifs is 4. The Labute approximate surface area is 336 Å². The van der Waals surface area contributed by atoms with Crippen LogP contribution in [0.15, 0.2) is 84.9 Å². The number of nitrogens with one attached hydrogen (secondary N) is 2. The summed E-state index contributed by atoms with van der Waals surface area (Å²) in [6.45, 7) is 6.33. The first-order valence-corrected chi connectivity index (χ1v) is 21.0. The standard InChI is InChI=1S/C48H68N8/c1-51(2)41-21-17-37-31-38-18-22-42(52(3)4)34-46(38)55(45(37)33-41)29-15-11-9-13-25-49-27-28-50-26-14-10-12-16-30-56-47-35-43(53(5)6)23-19-39(47)32-40-20-24-44(54(7)8)36-48(40)56/h17-24,31-36,49-50H,9-16,25-30H2,1-8H3/q+2. The highest BCUT2D eigenvalue weighted by Gasteiger charge is 2.19. The second kappa shape index (κ2) is 19.5. The van der Waals surface area contributed by atoms with Crippen LogP contribution >= 0.6 is 0 Å². The third-order valence-electron chi connectivity index (χ3n) is 11.4. The van der Waals surface area contributed by atoms with Gasteiger partial charge in [0.05, 0.1) is 0 Å². The van der Waals surface area contributed by atoms with Crippen molar-refractivity contribution in [2.75, 3.05) is 102 Å². The van der Waals surface area contributed by atoms with Crippen molar-refractivity contribution in [2.45, 2.75) is 64.5 Å². The lowest BCUT2D eigenvalue weighted by atomic mass is 10.1. The van der Waals surface area contributed by atoms with E-state index in [0.717, 1.165) is 39.3 Å². The molecule has 0 aliphatic carbocycles. The number of rotatable bonds is 21. The number of unbranched alkanes of at least 4 members (excludes halogenated alkanes) is 6. The monoisotopic (exact) mass is 757 g/mol. The van der Waals surface area contributed by atoms with Crippen molar-refractivity contribution in [2.24, 2.45) is 0 Å². The molecule has 6 rings (SSSR count). The van der Waals surface area contributed by atoms with Gasteiger partial charge in [-0.2, -0.15) is 9.13 Å². The quantitative estimate of drug-likeness (QED) is 0.0440. The first kappa shape index (κ1) is 41.0. The van der Waals surface area contributed by atoms with E-state index in [1.54, 1.807) is 0 Å². The SMILES string of the molecule is CN(C)c1ccc2cc3ccc(N(C)C)cc3[n+](CCCCCCNCCNCCCCCC[n+]3c4cc(N(C)C)ccc4cc4ccc(N(C)C)cc43)c2c1. The zero-order valence-electron chi connectivity index (χ0n) is 35.7. The average Bonchev–Trinajstić information content (AvgIpc) is 3.18. The van der Waals surface area contributed by atoms with E-state index in [1.807, 2.05) is 0 Å². The topological polar surface area (TPSA) is 44.8 Å². The minimum Gasteiger partial charge on any atom is -0.377 e. The normalized spacial score (nSPS) is 11.6. The largest absolute Gasteiger partial charge is 0.377 e. The summed E-state index contributed by atoms with van der Waals surface area (Å²) in [6.07, 6.45) is 9.84. The number of aryl methyl sites for hydroxylation is 2. The predicted octanol–water partition coefficient (Wildman–Crippen LogP) is 8.14. The van der Waals surface area contributed by atoms with E-state index < -0.39 is 0 Å². The fourth-order valence-corrected chi connectivity index (χ4v) is 7.91. The van der Waals surface area contributed by atoms with Gasteiger partial charge in [-0.1, -0.05) is 12.8 Å². The number of benzene rings is 4. The Hall–Kier alpha value is -4.66. The third-order valence-corrected chi connectivity index (χ3v) is 11.4. The average molecular weight is 757 g/mol. The summed E-state index contributed by atoms with van der Waals surface area (Å²) in [6, 6.07) is 32.1. The van der Waals surface area contributed by atoms with Crippen LogP contribution in [0.2, 0.25) is 0 Å². The lowest BCUT2D eigenvalue weighted by molar-refractivity contribution is -0.646. The predicted molar refractivity (Wildman–Crippen MR) is 243 cm³/mol. The van der Waals surface area contributed by atoms with Crippen LogP contribution in [-0.2, 0) is 13.1 Å². The summed E-state index contributed by atoms with van der Waals surface area (Å²) < 4.78 is 5.11. The summed E-state index contributed by atoms with van der Waals surface area (Å²) >= 11 is 0. The Kier molecular flexibility index (Phi) is 14.2. The zero-order valence-corrected chi connectivity index (χ0v) is 35.7. The van der Waals surface area contributed by atoms with Gasteiger partial charge >= 0.3 is 0 Å². The van der Waals surface area contributed by atoms with E-state index in [1.165, 1.54) is 118 Å². The molecular formula is C48H68N8+2. The van der Waals surface area contributed by atoms with Crippen molar-refractivity contribution in [3.63, 3.8) is 0 Å². The molecule has 0 atom stereocenters. The van der Waals surface area contributed by atoms with E-state index in [4.69, 9.17) is 0 Å². The van der Waals surface area contributed by atoms with Gasteiger partial charge in [0.2, 0.25) is 22.1 Å². The summed E-state index contributed by atoms with van der Waals surface area (Å²) in [5.74, 6) is 0. The number of aromatic nitrogens is 2. The molecule has 0 fully saturated rings. The fourth-order valence-electron chi connectivity index (χ4n) is 7.91. The van der Waals surface area contributed by atoms with Crippen LogP contribution in [0.25, 0.3) is 43.6 Å². The molecule has 0 amide bonds. The van der Waals surface area contributed by atoms with Gasteiger partial charge in [-0.05, 0) is 99.4 Å². The fraction of sp³-hybridized carbons (Fsp3) is 0.458. The van der Waals surface area contributed by atoms with Crippen molar-refractivity contribution in [1.29, 1.82) is 0 Å². The van der Waals surface area contributed by atoms with Crippen LogP contribution in [0.3, 0.4) is 0 Å². The molecule has 4 aromatic carbocycles. The maximum atomic E-state index is 3.67. The molecule has 298 valence electrons. The minimum absolute atomic E-state index is 1.03. The van der Waals surface area contributed by atoms with Gasteiger partial charge < -0.3 is 30.2 Å². The van der Waals surface area contributed by atoms with Gasteiger partial charge in [-0.25, -0.2) is 0 Å². The lowest BCUT2D eigenvalue weighted by Gasteiger charge is -2.15. The van der Waals surface area contributed by atoms with Gasteiger partial charge in [-0.15, -0.1) is 0 Å². The molecule has 0 saturated carbocycles. The number of nitrogens with zero attached hydrogens (tertiary/aromatic N) is 6. The van der Waals surface area contributed by atoms with Gasteiger partial charge in [0.1, 0.15) is 13.1 Å². The van der Waals surface area contributed by atoms with Crippen LogP contribution in [0.4, 0.5) is 22.7 Å². The smallest absolute Gasteiger partial charge is 0.215 e. The number of hydrogen-bond donors (Lipinski definition) is 2. The molecule has 0 radical (unpaired) electrons. The first-order chi connectivity index (χ1) is 27.1. The molecule has 0 bridgehead atoms. The molecule has 0 spiro atoms. The molecule has 0 aliphatic rings. The molecule has 2 aromatic heterocycles. The summed E-state index contributed by atoms with van der Waals surface area (Å²) in [7, 11) is 17.0. The Morgan fingerprint density at radius 3 is 0.911 bits per heavy atom. The molecule has 8 nitrogen and oxygen atoms in total. The number of anilines is 4.